The third-order valence-corrected chi connectivity index (χ3v) is 2.94. The van der Waals surface area contributed by atoms with Crippen molar-refractivity contribution in [3.63, 3.8) is 0 Å². The highest BCUT2D eigenvalue weighted by atomic mass is 19.4. The summed E-state index contributed by atoms with van der Waals surface area (Å²) < 4.78 is 48.5. The highest BCUT2D eigenvalue weighted by Gasteiger charge is 2.40. The van der Waals surface area contributed by atoms with E-state index in [-0.39, 0.29) is 12.2 Å². The number of ether oxygens (including phenoxy) is 1. The lowest BCUT2D eigenvalue weighted by molar-refractivity contribution is -0.218. The molecular weight excluding hydrogens is 313 g/mol. The van der Waals surface area contributed by atoms with Gasteiger partial charge < -0.3 is 14.6 Å². The molecule has 0 aliphatic carbocycles. The van der Waals surface area contributed by atoms with Crippen LogP contribution in [0.2, 0.25) is 0 Å². The first-order chi connectivity index (χ1) is 10.8. The van der Waals surface area contributed by atoms with Crippen molar-refractivity contribution in [2.24, 2.45) is 0 Å². The number of benzene rings is 1. The Bertz CT molecular complexity index is 641. The van der Waals surface area contributed by atoms with Crippen molar-refractivity contribution in [1.82, 2.24) is 5.16 Å². The molecule has 1 aromatic carbocycles. The largest absolute Gasteiger partial charge is 0.414 e. The molecule has 1 atom stereocenters. The first kappa shape index (κ1) is 17.0. The minimum Gasteiger partial charge on any atom is -0.360 e. The van der Waals surface area contributed by atoms with Crippen molar-refractivity contribution in [2.45, 2.75) is 25.6 Å². The van der Waals surface area contributed by atoms with Crippen LogP contribution < -0.4 is 5.32 Å². The van der Waals surface area contributed by atoms with Gasteiger partial charge in [-0.3, -0.25) is 4.79 Å². The summed E-state index contributed by atoms with van der Waals surface area (Å²) >= 11 is 0. The number of halogens is 3. The Morgan fingerprint density at radius 3 is 2.61 bits per heavy atom. The van der Waals surface area contributed by atoms with E-state index in [1.807, 2.05) is 0 Å². The summed E-state index contributed by atoms with van der Waals surface area (Å²) in [6.07, 6.45) is -6.99. The summed E-state index contributed by atoms with van der Waals surface area (Å²) in [6, 6.07) is 9.58. The molecule has 1 N–H and O–H groups in total. The molecule has 2 aromatic rings. The van der Waals surface area contributed by atoms with Gasteiger partial charge in [0, 0.05) is 12.5 Å². The Morgan fingerprint density at radius 1 is 1.35 bits per heavy atom. The molecule has 1 aromatic heterocycles. The molecule has 0 spiro atoms. The van der Waals surface area contributed by atoms with Crippen LogP contribution in [0.15, 0.2) is 40.9 Å². The van der Waals surface area contributed by atoms with Crippen LogP contribution in [0.5, 0.6) is 0 Å². The van der Waals surface area contributed by atoms with Gasteiger partial charge in [-0.15, -0.1) is 0 Å². The summed E-state index contributed by atoms with van der Waals surface area (Å²) in [5, 5.41) is 5.81. The van der Waals surface area contributed by atoms with Crippen LogP contribution in [-0.2, 0) is 16.0 Å². The van der Waals surface area contributed by atoms with Crippen molar-refractivity contribution in [3.05, 3.63) is 47.7 Å². The summed E-state index contributed by atoms with van der Waals surface area (Å²) in [7, 11) is 0. The van der Waals surface area contributed by atoms with Gasteiger partial charge in [-0.05, 0) is 12.5 Å². The maximum atomic E-state index is 13.0. The monoisotopic (exact) mass is 328 g/mol. The molecule has 2 rings (SSSR count). The molecule has 0 fully saturated rings. The first-order valence-corrected chi connectivity index (χ1v) is 6.80. The average Bonchev–Trinajstić information content (AvgIpc) is 2.88. The molecule has 124 valence electrons. The number of aromatic nitrogens is 1. The lowest BCUT2D eigenvalue weighted by Crippen LogP contribution is -2.36. The number of carbonyl (C=O) groups excluding carboxylic acids is 1. The molecule has 1 unspecified atom stereocenters. The van der Waals surface area contributed by atoms with Crippen molar-refractivity contribution in [1.29, 1.82) is 0 Å². The standard InChI is InChI=1S/C15H15F3N2O3/c1-10-7-13(20-23-10)19-14(21)9-22-12(15(16,17)18)8-11-5-3-2-4-6-11/h2-7,12H,8-9H2,1H3,(H,19,20,21). The number of aryl methyl sites for hydroxylation is 1. The fraction of sp³-hybridized carbons (Fsp3) is 0.333. The van der Waals surface area contributed by atoms with Crippen LogP contribution in [-0.4, -0.2) is 30.0 Å². The van der Waals surface area contributed by atoms with Crippen LogP contribution in [0.25, 0.3) is 0 Å². The molecule has 0 radical (unpaired) electrons. The summed E-state index contributed by atoms with van der Waals surface area (Å²) in [5.74, 6) is -0.137. The van der Waals surface area contributed by atoms with Gasteiger partial charge in [0.25, 0.3) is 5.91 Å². The molecule has 8 heteroatoms. The maximum absolute atomic E-state index is 13.0. The predicted octanol–water partition coefficient (Wildman–Crippen LogP) is 3.11. The third kappa shape index (κ3) is 5.41. The topological polar surface area (TPSA) is 64.4 Å². The van der Waals surface area contributed by atoms with E-state index in [1.165, 1.54) is 6.07 Å². The summed E-state index contributed by atoms with van der Waals surface area (Å²) in [6.45, 7) is 0.890. The quantitative estimate of drug-likeness (QED) is 0.885. The highest BCUT2D eigenvalue weighted by molar-refractivity contribution is 5.90. The second-order valence-electron chi connectivity index (χ2n) is 4.90. The number of rotatable bonds is 6. The van der Waals surface area contributed by atoms with Gasteiger partial charge in [0.15, 0.2) is 11.9 Å². The van der Waals surface area contributed by atoms with Crippen LogP contribution >= 0.6 is 0 Å². The summed E-state index contributed by atoms with van der Waals surface area (Å²) in [4.78, 5) is 11.6. The molecule has 0 saturated heterocycles. The Morgan fingerprint density at radius 2 is 2.04 bits per heavy atom. The molecule has 0 saturated carbocycles. The van der Waals surface area contributed by atoms with Gasteiger partial charge in [-0.25, -0.2) is 0 Å². The fourth-order valence-corrected chi connectivity index (χ4v) is 1.88. The van der Waals surface area contributed by atoms with Gasteiger partial charge in [0.2, 0.25) is 0 Å². The van der Waals surface area contributed by atoms with E-state index in [1.54, 1.807) is 37.3 Å². The van der Waals surface area contributed by atoms with Crippen molar-refractivity contribution >= 4 is 11.7 Å². The normalized spacial score (nSPS) is 12.9. The second kappa shape index (κ2) is 7.28. The number of amides is 1. The van der Waals surface area contributed by atoms with Crippen molar-refractivity contribution in [2.75, 3.05) is 11.9 Å². The van der Waals surface area contributed by atoms with E-state index < -0.39 is 24.8 Å². The lowest BCUT2D eigenvalue weighted by Gasteiger charge is -2.20. The van der Waals surface area contributed by atoms with Crippen LogP contribution in [0, 0.1) is 6.92 Å². The van der Waals surface area contributed by atoms with E-state index in [0.29, 0.717) is 11.3 Å². The molecule has 0 aliphatic rings. The molecule has 0 aliphatic heterocycles. The van der Waals surface area contributed by atoms with E-state index >= 15 is 0 Å². The van der Waals surface area contributed by atoms with E-state index in [4.69, 9.17) is 9.26 Å². The SMILES string of the molecule is Cc1cc(NC(=O)COC(Cc2ccccc2)C(F)(F)F)no1. The van der Waals surface area contributed by atoms with E-state index in [9.17, 15) is 18.0 Å². The highest BCUT2D eigenvalue weighted by Crippen LogP contribution is 2.26. The number of nitrogens with one attached hydrogen (secondary N) is 1. The average molecular weight is 328 g/mol. The van der Waals surface area contributed by atoms with Gasteiger partial charge >= 0.3 is 6.18 Å². The minimum absolute atomic E-state index is 0.128. The Kier molecular flexibility index (Phi) is 5.38. The number of nitrogens with zero attached hydrogens (tertiary/aromatic N) is 1. The predicted molar refractivity (Wildman–Crippen MR) is 75.8 cm³/mol. The lowest BCUT2D eigenvalue weighted by atomic mass is 10.1. The zero-order chi connectivity index (χ0) is 16.9. The van der Waals surface area contributed by atoms with Crippen molar-refractivity contribution < 1.29 is 27.2 Å². The van der Waals surface area contributed by atoms with Gasteiger partial charge in [0.1, 0.15) is 12.4 Å². The molecule has 23 heavy (non-hydrogen) atoms. The number of anilines is 1. The molecule has 0 bridgehead atoms. The maximum Gasteiger partial charge on any atom is 0.414 e. The molecule has 1 amide bonds. The Labute approximate surface area is 130 Å². The first-order valence-electron chi connectivity index (χ1n) is 6.80. The van der Waals surface area contributed by atoms with Crippen LogP contribution in [0.1, 0.15) is 11.3 Å². The number of alkyl halides is 3. The van der Waals surface area contributed by atoms with Crippen LogP contribution in [0.3, 0.4) is 0 Å². The zero-order valence-electron chi connectivity index (χ0n) is 12.3. The van der Waals surface area contributed by atoms with Gasteiger partial charge in [-0.1, -0.05) is 35.5 Å². The summed E-state index contributed by atoms with van der Waals surface area (Å²) in [5.41, 5.74) is 0.474. The number of carbonyl (C=O) groups is 1. The molecule has 5 nitrogen and oxygen atoms in total. The minimum atomic E-state index is -4.57. The van der Waals surface area contributed by atoms with Crippen LogP contribution in [0.4, 0.5) is 19.0 Å². The number of hydrogen-bond donors (Lipinski definition) is 1. The fourth-order valence-electron chi connectivity index (χ4n) is 1.88. The Hall–Kier alpha value is -2.35. The van der Waals surface area contributed by atoms with Crippen molar-refractivity contribution in [3.8, 4) is 0 Å². The smallest absolute Gasteiger partial charge is 0.360 e. The Balaban J connectivity index is 1.91. The number of hydrogen-bond acceptors (Lipinski definition) is 4. The zero-order valence-corrected chi connectivity index (χ0v) is 12.3. The van der Waals surface area contributed by atoms with Gasteiger partial charge in [-0.2, -0.15) is 13.2 Å². The van der Waals surface area contributed by atoms with Gasteiger partial charge in [0.05, 0.1) is 0 Å². The third-order valence-electron chi connectivity index (χ3n) is 2.94. The molecule has 1 heterocycles. The molecular formula is C15H15F3N2O3. The van der Waals surface area contributed by atoms with E-state index in [2.05, 4.69) is 10.5 Å². The second-order valence-corrected chi connectivity index (χ2v) is 4.90. The van der Waals surface area contributed by atoms with E-state index in [0.717, 1.165) is 0 Å².